The van der Waals surface area contributed by atoms with Crippen LogP contribution < -0.4 is 4.90 Å². The molecule has 30 heavy (non-hydrogen) atoms. The van der Waals surface area contributed by atoms with Crippen molar-refractivity contribution in [1.82, 2.24) is 4.90 Å². The van der Waals surface area contributed by atoms with Gasteiger partial charge in [-0.15, -0.1) is 11.3 Å². The second-order valence-electron chi connectivity index (χ2n) is 9.26. The van der Waals surface area contributed by atoms with E-state index < -0.39 is 0 Å². The zero-order valence-corrected chi connectivity index (χ0v) is 19.9. The summed E-state index contributed by atoms with van der Waals surface area (Å²) >= 11 is 7.87. The minimum absolute atomic E-state index is 0.180. The van der Waals surface area contributed by atoms with Crippen molar-refractivity contribution >= 4 is 34.5 Å². The number of amides is 1. The van der Waals surface area contributed by atoms with E-state index >= 15 is 0 Å². The van der Waals surface area contributed by atoms with Gasteiger partial charge in [-0.2, -0.15) is 0 Å². The normalized spacial score (nSPS) is 23.5. The van der Waals surface area contributed by atoms with E-state index in [0.717, 1.165) is 55.4 Å². The molecule has 0 atom stereocenters. The summed E-state index contributed by atoms with van der Waals surface area (Å²) in [5, 5.41) is 0.752. The molecule has 0 N–H and O–H groups in total. The van der Waals surface area contributed by atoms with Crippen LogP contribution in [0.3, 0.4) is 0 Å². The van der Waals surface area contributed by atoms with Crippen molar-refractivity contribution in [3.8, 4) is 10.4 Å². The summed E-state index contributed by atoms with van der Waals surface area (Å²) in [5.74, 6) is 1.30. The Hall–Kier alpha value is -1.36. The molecule has 5 heteroatoms. The third-order valence-corrected chi connectivity index (χ3v) is 8.28. The Kier molecular flexibility index (Phi) is 6.86. The minimum Gasteiger partial charge on any atom is -0.308 e. The number of likely N-dealkylation sites (tertiary alicyclic amines) is 1. The maximum Gasteiger partial charge on any atom is 0.230 e. The first-order valence-electron chi connectivity index (χ1n) is 11.3. The fourth-order valence-corrected chi connectivity index (χ4v) is 6.06. The second-order valence-corrected chi connectivity index (χ2v) is 11.0. The monoisotopic (exact) mass is 444 g/mol. The Morgan fingerprint density at radius 1 is 1.07 bits per heavy atom. The van der Waals surface area contributed by atoms with Crippen LogP contribution in [0.5, 0.6) is 0 Å². The summed E-state index contributed by atoms with van der Waals surface area (Å²) < 4.78 is 0. The van der Waals surface area contributed by atoms with Crippen LogP contribution in [0.4, 0.5) is 5.69 Å². The molecule has 1 aromatic carbocycles. The molecule has 0 radical (unpaired) electrons. The lowest BCUT2D eigenvalue weighted by molar-refractivity contribution is -0.124. The van der Waals surface area contributed by atoms with Gasteiger partial charge in [0.25, 0.3) is 0 Å². The highest BCUT2D eigenvalue weighted by atomic mass is 35.5. The van der Waals surface area contributed by atoms with Gasteiger partial charge in [-0.05, 0) is 95.3 Å². The average Bonchev–Trinajstić information content (AvgIpc) is 3.12. The van der Waals surface area contributed by atoms with Crippen molar-refractivity contribution < 1.29 is 4.79 Å². The quantitative estimate of drug-likeness (QED) is 0.528. The summed E-state index contributed by atoms with van der Waals surface area (Å²) in [4.78, 5) is 20.9. The molecule has 0 bridgehead atoms. The lowest BCUT2D eigenvalue weighted by Gasteiger charge is -2.40. The molecule has 0 spiro atoms. The van der Waals surface area contributed by atoms with Gasteiger partial charge in [0.15, 0.2) is 0 Å². The molecule has 2 heterocycles. The van der Waals surface area contributed by atoms with E-state index in [-0.39, 0.29) is 5.92 Å². The van der Waals surface area contributed by atoms with Gasteiger partial charge in [0, 0.05) is 26.7 Å². The van der Waals surface area contributed by atoms with E-state index in [1.807, 2.05) is 12.1 Å². The standard InChI is InChI=1S/C25H33ClN2OS/c1-17-4-6-20(7-5-17)25(29)28(22-12-14-27(3)15-13-22)23-16-24(30-18(23)2)19-8-10-21(26)11-9-19/h8-11,16-17,20,22H,4-7,12-15H2,1-3H3. The van der Waals surface area contributed by atoms with Crippen LogP contribution in [0.25, 0.3) is 10.4 Å². The van der Waals surface area contributed by atoms with Crippen molar-refractivity contribution in [2.45, 2.75) is 58.4 Å². The number of aryl methyl sites for hydroxylation is 1. The van der Waals surface area contributed by atoms with Crippen molar-refractivity contribution in [1.29, 1.82) is 0 Å². The van der Waals surface area contributed by atoms with Gasteiger partial charge in [-0.25, -0.2) is 0 Å². The van der Waals surface area contributed by atoms with Gasteiger partial charge in [-0.3, -0.25) is 4.79 Å². The predicted octanol–water partition coefficient (Wildman–Crippen LogP) is 6.63. The molecule has 1 saturated carbocycles. The maximum atomic E-state index is 13.8. The first-order chi connectivity index (χ1) is 14.4. The third kappa shape index (κ3) is 4.76. The molecule has 2 aromatic rings. The number of carbonyl (C=O) groups is 1. The molecule has 2 aliphatic rings. The van der Waals surface area contributed by atoms with Gasteiger partial charge in [0.1, 0.15) is 0 Å². The van der Waals surface area contributed by atoms with E-state index in [1.165, 1.54) is 28.2 Å². The first-order valence-corrected chi connectivity index (χ1v) is 12.5. The molecule has 1 saturated heterocycles. The van der Waals surface area contributed by atoms with Crippen molar-refractivity contribution in [3.05, 3.63) is 40.2 Å². The zero-order valence-electron chi connectivity index (χ0n) is 18.4. The number of thiophene rings is 1. The minimum atomic E-state index is 0.180. The molecule has 1 amide bonds. The zero-order chi connectivity index (χ0) is 21.3. The molecule has 3 nitrogen and oxygen atoms in total. The van der Waals surface area contributed by atoms with Crippen LogP contribution in [0.1, 0.15) is 50.3 Å². The first kappa shape index (κ1) is 21.9. The Labute approximate surface area is 190 Å². The second kappa shape index (κ2) is 9.42. The van der Waals surface area contributed by atoms with Crippen LogP contribution >= 0.6 is 22.9 Å². The molecular weight excluding hydrogens is 412 g/mol. The van der Waals surface area contributed by atoms with E-state index in [4.69, 9.17) is 11.6 Å². The Morgan fingerprint density at radius 3 is 2.33 bits per heavy atom. The predicted molar refractivity (Wildman–Crippen MR) is 129 cm³/mol. The third-order valence-electron chi connectivity index (χ3n) is 6.94. The number of hydrogen-bond acceptors (Lipinski definition) is 3. The van der Waals surface area contributed by atoms with E-state index in [2.05, 4.69) is 48.9 Å². The number of benzene rings is 1. The number of carbonyl (C=O) groups excluding carboxylic acids is 1. The molecule has 4 rings (SSSR count). The maximum absolute atomic E-state index is 13.8. The number of rotatable bonds is 4. The van der Waals surface area contributed by atoms with Crippen LogP contribution in [0.2, 0.25) is 5.02 Å². The molecular formula is C25H33ClN2OS. The van der Waals surface area contributed by atoms with E-state index in [9.17, 15) is 4.79 Å². The Morgan fingerprint density at radius 2 is 1.70 bits per heavy atom. The number of halogens is 1. The lowest BCUT2D eigenvalue weighted by Crippen LogP contribution is -2.49. The summed E-state index contributed by atoms with van der Waals surface area (Å²) in [6, 6.07) is 10.6. The Balaban J connectivity index is 1.65. The van der Waals surface area contributed by atoms with Crippen LogP contribution in [-0.4, -0.2) is 37.0 Å². The van der Waals surface area contributed by atoms with Crippen molar-refractivity contribution in [2.75, 3.05) is 25.0 Å². The van der Waals surface area contributed by atoms with Crippen molar-refractivity contribution in [2.24, 2.45) is 11.8 Å². The number of hydrogen-bond donors (Lipinski definition) is 0. The van der Waals surface area contributed by atoms with Crippen LogP contribution in [0, 0.1) is 18.8 Å². The highest BCUT2D eigenvalue weighted by Gasteiger charge is 2.35. The summed E-state index contributed by atoms with van der Waals surface area (Å²) in [6.07, 6.45) is 6.53. The van der Waals surface area contributed by atoms with Gasteiger partial charge in [0.2, 0.25) is 5.91 Å². The summed E-state index contributed by atoms with van der Waals surface area (Å²) in [7, 11) is 2.18. The fraction of sp³-hybridized carbons (Fsp3) is 0.560. The SMILES string of the molecule is Cc1sc(-c2ccc(Cl)cc2)cc1N(C(=O)C1CCC(C)CC1)C1CCN(C)CC1. The summed E-state index contributed by atoms with van der Waals surface area (Å²) in [6.45, 7) is 6.60. The van der Waals surface area contributed by atoms with E-state index in [0.29, 0.717) is 11.9 Å². The molecule has 1 aliphatic carbocycles. The van der Waals surface area contributed by atoms with Gasteiger partial charge < -0.3 is 9.80 Å². The smallest absolute Gasteiger partial charge is 0.230 e. The van der Waals surface area contributed by atoms with E-state index in [1.54, 1.807) is 11.3 Å². The Bertz CT molecular complexity index is 862. The lowest BCUT2D eigenvalue weighted by atomic mass is 9.82. The average molecular weight is 445 g/mol. The van der Waals surface area contributed by atoms with Crippen LogP contribution in [0.15, 0.2) is 30.3 Å². The topological polar surface area (TPSA) is 23.6 Å². The highest BCUT2D eigenvalue weighted by molar-refractivity contribution is 7.16. The van der Waals surface area contributed by atoms with Gasteiger partial charge >= 0.3 is 0 Å². The van der Waals surface area contributed by atoms with Gasteiger partial charge in [0.05, 0.1) is 5.69 Å². The summed E-state index contributed by atoms with van der Waals surface area (Å²) in [5.41, 5.74) is 2.30. The van der Waals surface area contributed by atoms with Crippen molar-refractivity contribution in [3.63, 3.8) is 0 Å². The number of nitrogens with zero attached hydrogens (tertiary/aromatic N) is 2. The molecule has 2 fully saturated rings. The molecule has 1 aliphatic heterocycles. The van der Waals surface area contributed by atoms with Gasteiger partial charge in [-0.1, -0.05) is 30.7 Å². The number of anilines is 1. The molecule has 162 valence electrons. The van der Waals surface area contributed by atoms with Crippen LogP contribution in [-0.2, 0) is 4.79 Å². The highest BCUT2D eigenvalue weighted by Crippen LogP contribution is 2.40. The number of piperidine rings is 1. The largest absolute Gasteiger partial charge is 0.308 e. The fourth-order valence-electron chi connectivity index (χ4n) is 4.92. The molecule has 1 aromatic heterocycles. The molecule has 0 unspecified atom stereocenters.